The lowest BCUT2D eigenvalue weighted by Gasteiger charge is -2.03. The van der Waals surface area contributed by atoms with Crippen LogP contribution in [0, 0.1) is 0 Å². The predicted octanol–water partition coefficient (Wildman–Crippen LogP) is 1.91. The number of carboxylic acids is 1. The molecule has 0 atom stereocenters. The summed E-state index contributed by atoms with van der Waals surface area (Å²) in [5.74, 6) is -0.905. The molecule has 1 aliphatic rings. The Morgan fingerprint density at radius 3 is 2.80 bits per heavy atom. The van der Waals surface area contributed by atoms with Gasteiger partial charge in [-0.1, -0.05) is 17.7 Å². The van der Waals surface area contributed by atoms with Gasteiger partial charge in [0.2, 0.25) is 0 Å². The average Bonchev–Trinajstić information content (AvgIpc) is 1.88. The number of hydrogen-bond donors (Lipinski definition) is 1. The summed E-state index contributed by atoms with van der Waals surface area (Å²) in [7, 11) is 0. The summed E-state index contributed by atoms with van der Waals surface area (Å²) in [4.78, 5) is 10.3. The number of hydrogen-bond acceptors (Lipinski definition) is 1. The van der Waals surface area contributed by atoms with Crippen LogP contribution in [0.25, 0.3) is 0 Å². The predicted molar refractivity (Wildman–Crippen MR) is 38.9 cm³/mol. The number of allylic oxidation sites excluding steroid dienone is 2. The second-order valence-electron chi connectivity index (χ2n) is 2.09. The number of halogens is 1. The van der Waals surface area contributed by atoms with Crippen molar-refractivity contribution in [1.29, 1.82) is 0 Å². The van der Waals surface area contributed by atoms with E-state index in [4.69, 9.17) is 16.7 Å². The van der Waals surface area contributed by atoms with Crippen LogP contribution in [-0.4, -0.2) is 11.1 Å². The van der Waals surface area contributed by atoms with E-state index >= 15 is 0 Å². The van der Waals surface area contributed by atoms with Crippen molar-refractivity contribution in [1.82, 2.24) is 0 Å². The first-order valence-electron chi connectivity index (χ1n) is 2.99. The van der Waals surface area contributed by atoms with Crippen LogP contribution in [0.1, 0.15) is 12.8 Å². The van der Waals surface area contributed by atoms with Crippen LogP contribution in [0.5, 0.6) is 0 Å². The highest BCUT2D eigenvalue weighted by Gasteiger charge is 2.08. The van der Waals surface area contributed by atoms with Crippen molar-refractivity contribution in [3.63, 3.8) is 0 Å². The molecular formula is C7H7ClO2. The quantitative estimate of drug-likeness (QED) is 0.633. The Morgan fingerprint density at radius 1 is 1.70 bits per heavy atom. The van der Waals surface area contributed by atoms with Crippen molar-refractivity contribution in [2.24, 2.45) is 0 Å². The van der Waals surface area contributed by atoms with Gasteiger partial charge in [-0.25, -0.2) is 4.79 Å². The van der Waals surface area contributed by atoms with E-state index in [0.29, 0.717) is 10.6 Å². The van der Waals surface area contributed by atoms with E-state index in [0.717, 1.165) is 12.8 Å². The SMILES string of the molecule is O=C(O)C1=CCCC(Cl)=C1. The lowest BCUT2D eigenvalue weighted by atomic mass is 10.1. The van der Waals surface area contributed by atoms with Gasteiger partial charge in [0, 0.05) is 5.03 Å². The molecule has 54 valence electrons. The molecule has 0 amide bonds. The summed E-state index contributed by atoms with van der Waals surface area (Å²) >= 11 is 5.61. The summed E-state index contributed by atoms with van der Waals surface area (Å²) in [5.41, 5.74) is 0.302. The zero-order valence-corrected chi connectivity index (χ0v) is 6.06. The fourth-order valence-corrected chi connectivity index (χ4v) is 1.04. The molecule has 3 heteroatoms. The molecular weight excluding hydrogens is 152 g/mol. The van der Waals surface area contributed by atoms with Crippen molar-refractivity contribution in [3.8, 4) is 0 Å². The molecule has 0 heterocycles. The van der Waals surface area contributed by atoms with E-state index in [1.54, 1.807) is 6.08 Å². The number of rotatable bonds is 1. The molecule has 2 nitrogen and oxygen atoms in total. The normalized spacial score (nSPS) is 17.7. The minimum absolute atomic E-state index is 0.302. The molecule has 0 spiro atoms. The fourth-order valence-electron chi connectivity index (χ4n) is 0.814. The highest BCUT2D eigenvalue weighted by Crippen LogP contribution is 2.19. The molecule has 0 radical (unpaired) electrons. The van der Waals surface area contributed by atoms with Crippen molar-refractivity contribution in [2.45, 2.75) is 12.8 Å². The third kappa shape index (κ3) is 1.61. The number of aliphatic carboxylic acids is 1. The van der Waals surface area contributed by atoms with Crippen LogP contribution in [-0.2, 0) is 4.79 Å². The molecule has 0 saturated heterocycles. The molecule has 0 aliphatic heterocycles. The minimum Gasteiger partial charge on any atom is -0.478 e. The smallest absolute Gasteiger partial charge is 0.335 e. The fraction of sp³-hybridized carbons (Fsp3) is 0.286. The van der Waals surface area contributed by atoms with Crippen molar-refractivity contribution in [2.75, 3.05) is 0 Å². The maximum absolute atomic E-state index is 10.3. The van der Waals surface area contributed by atoms with Gasteiger partial charge in [0.15, 0.2) is 0 Å². The van der Waals surface area contributed by atoms with Gasteiger partial charge in [-0.05, 0) is 18.9 Å². The van der Waals surface area contributed by atoms with Gasteiger partial charge < -0.3 is 5.11 Å². The molecule has 1 N–H and O–H groups in total. The summed E-state index contributed by atoms with van der Waals surface area (Å²) in [6.45, 7) is 0. The van der Waals surface area contributed by atoms with Gasteiger partial charge in [-0.15, -0.1) is 0 Å². The number of carboxylic acid groups (broad SMARTS) is 1. The van der Waals surface area contributed by atoms with E-state index in [1.165, 1.54) is 6.08 Å². The lowest BCUT2D eigenvalue weighted by molar-refractivity contribution is -0.132. The molecule has 0 aromatic rings. The second kappa shape index (κ2) is 2.88. The van der Waals surface area contributed by atoms with Crippen LogP contribution >= 0.6 is 11.6 Å². The largest absolute Gasteiger partial charge is 0.478 e. The molecule has 0 saturated carbocycles. The van der Waals surface area contributed by atoms with Crippen molar-refractivity contribution in [3.05, 3.63) is 22.8 Å². The third-order valence-corrected chi connectivity index (χ3v) is 1.60. The van der Waals surface area contributed by atoms with E-state index in [-0.39, 0.29) is 0 Å². The summed E-state index contributed by atoms with van der Waals surface area (Å²) in [5, 5.41) is 9.11. The van der Waals surface area contributed by atoms with Gasteiger partial charge in [0.05, 0.1) is 5.57 Å². The van der Waals surface area contributed by atoms with Crippen LogP contribution < -0.4 is 0 Å². The van der Waals surface area contributed by atoms with E-state index < -0.39 is 5.97 Å². The van der Waals surface area contributed by atoms with Crippen LogP contribution in [0.4, 0.5) is 0 Å². The molecule has 0 aromatic carbocycles. The van der Waals surface area contributed by atoms with E-state index in [2.05, 4.69) is 0 Å². The first kappa shape index (κ1) is 7.35. The molecule has 1 rings (SSSR count). The molecule has 0 fully saturated rings. The first-order valence-corrected chi connectivity index (χ1v) is 3.37. The van der Waals surface area contributed by atoms with E-state index in [1.807, 2.05) is 0 Å². The minimum atomic E-state index is -0.905. The average molecular weight is 159 g/mol. The molecule has 0 unspecified atom stereocenters. The van der Waals surface area contributed by atoms with Gasteiger partial charge in [0.1, 0.15) is 0 Å². The zero-order valence-electron chi connectivity index (χ0n) is 5.30. The lowest BCUT2D eigenvalue weighted by Crippen LogP contribution is -2.00. The highest BCUT2D eigenvalue weighted by atomic mass is 35.5. The third-order valence-electron chi connectivity index (χ3n) is 1.31. The Bertz CT molecular complexity index is 216. The van der Waals surface area contributed by atoms with Gasteiger partial charge in [0.25, 0.3) is 0 Å². The van der Waals surface area contributed by atoms with Gasteiger partial charge in [-0.3, -0.25) is 0 Å². The monoisotopic (exact) mass is 158 g/mol. The first-order chi connectivity index (χ1) is 4.70. The molecule has 1 aliphatic carbocycles. The van der Waals surface area contributed by atoms with Gasteiger partial charge >= 0.3 is 5.97 Å². The van der Waals surface area contributed by atoms with Crippen molar-refractivity contribution < 1.29 is 9.90 Å². The molecule has 10 heavy (non-hydrogen) atoms. The Kier molecular flexibility index (Phi) is 2.12. The number of carbonyl (C=O) groups is 1. The van der Waals surface area contributed by atoms with Gasteiger partial charge in [-0.2, -0.15) is 0 Å². The standard InChI is InChI=1S/C7H7ClO2/c8-6-3-1-2-5(4-6)7(9)10/h2,4H,1,3H2,(H,9,10). The summed E-state index contributed by atoms with van der Waals surface area (Å²) < 4.78 is 0. The Labute approximate surface area is 63.8 Å². The Balaban J connectivity index is 2.79. The van der Waals surface area contributed by atoms with Crippen LogP contribution in [0.2, 0.25) is 0 Å². The topological polar surface area (TPSA) is 37.3 Å². The Morgan fingerprint density at radius 2 is 2.40 bits per heavy atom. The maximum Gasteiger partial charge on any atom is 0.335 e. The molecule has 0 bridgehead atoms. The second-order valence-corrected chi connectivity index (χ2v) is 2.58. The summed E-state index contributed by atoms with van der Waals surface area (Å²) in [6, 6.07) is 0. The Hall–Kier alpha value is -0.760. The maximum atomic E-state index is 10.3. The van der Waals surface area contributed by atoms with E-state index in [9.17, 15) is 4.79 Å². The van der Waals surface area contributed by atoms with Crippen LogP contribution in [0.3, 0.4) is 0 Å². The highest BCUT2D eigenvalue weighted by molar-refractivity contribution is 6.30. The molecule has 0 aromatic heterocycles. The van der Waals surface area contributed by atoms with Crippen molar-refractivity contribution >= 4 is 17.6 Å². The van der Waals surface area contributed by atoms with Crippen LogP contribution in [0.15, 0.2) is 22.8 Å². The zero-order chi connectivity index (χ0) is 7.56. The summed E-state index contributed by atoms with van der Waals surface area (Å²) in [6.07, 6.45) is 4.66.